The molecular weight excluding hydrogens is 865 g/mol. The van der Waals surface area contributed by atoms with Crippen molar-refractivity contribution in [3.05, 3.63) is 88.8 Å². The van der Waals surface area contributed by atoms with Gasteiger partial charge in [0.25, 0.3) is 11.8 Å². The molecule has 23 heteroatoms. The van der Waals surface area contributed by atoms with E-state index in [2.05, 4.69) is 50.6 Å². The molecule has 8 rings (SSSR count). The fourth-order valence-electron chi connectivity index (χ4n) is 8.47. The quantitative estimate of drug-likeness (QED) is 0.138. The first-order valence-corrected chi connectivity index (χ1v) is 22.3. The van der Waals surface area contributed by atoms with Crippen LogP contribution in [0.3, 0.4) is 0 Å². The summed E-state index contributed by atoms with van der Waals surface area (Å²) in [7, 11) is -2.46. The maximum atomic E-state index is 15.3. The highest BCUT2D eigenvalue weighted by Crippen LogP contribution is 2.35. The van der Waals surface area contributed by atoms with Crippen molar-refractivity contribution in [2.75, 3.05) is 72.4 Å². The Morgan fingerprint density at radius 1 is 0.906 bits per heavy atom. The van der Waals surface area contributed by atoms with Gasteiger partial charge in [0.15, 0.2) is 5.82 Å². The van der Waals surface area contributed by atoms with Crippen LogP contribution in [0.2, 0.25) is 0 Å². The number of nitrogens with one attached hydrogen (secondary N) is 3. The summed E-state index contributed by atoms with van der Waals surface area (Å²) in [6.45, 7) is 4.70. The number of imide groups is 2. The molecule has 0 radical (unpaired) electrons. The molecule has 6 heterocycles. The lowest BCUT2D eigenvalue weighted by molar-refractivity contribution is -0.138. The van der Waals surface area contributed by atoms with Crippen LogP contribution < -0.4 is 25.2 Å². The molecule has 2 aromatic carbocycles. The molecule has 1 atom stereocenters. The van der Waals surface area contributed by atoms with Crippen molar-refractivity contribution in [2.45, 2.75) is 57.0 Å². The van der Waals surface area contributed by atoms with Crippen LogP contribution >= 0.6 is 0 Å². The Morgan fingerprint density at radius 2 is 1.61 bits per heavy atom. The van der Waals surface area contributed by atoms with Crippen molar-refractivity contribution in [3.8, 4) is 0 Å². The molecule has 18 nitrogen and oxygen atoms in total. The number of benzene rings is 2. The van der Waals surface area contributed by atoms with Crippen molar-refractivity contribution >= 4 is 62.6 Å². The third-order valence-electron chi connectivity index (χ3n) is 11.9. The van der Waals surface area contributed by atoms with Crippen molar-refractivity contribution in [3.63, 3.8) is 0 Å². The number of amides is 4. The predicted octanol–water partition coefficient (Wildman–Crippen LogP) is 3.36. The molecule has 338 valence electrons. The molecule has 4 aliphatic rings. The second kappa shape index (κ2) is 17.7. The highest BCUT2D eigenvalue weighted by atomic mass is 32.2. The third kappa shape index (κ3) is 9.31. The van der Waals surface area contributed by atoms with Gasteiger partial charge in [0.05, 0.1) is 23.9 Å². The lowest BCUT2D eigenvalue weighted by atomic mass is 10.0. The molecule has 3 fully saturated rings. The molecule has 4 aromatic rings. The lowest BCUT2D eigenvalue weighted by Gasteiger charge is -2.43. The Morgan fingerprint density at radius 3 is 2.28 bits per heavy atom. The summed E-state index contributed by atoms with van der Waals surface area (Å²) in [5.74, 6) is -4.35. The van der Waals surface area contributed by atoms with E-state index in [9.17, 15) is 40.8 Å². The summed E-state index contributed by atoms with van der Waals surface area (Å²) in [6, 6.07) is 9.39. The Balaban J connectivity index is 0.827. The van der Waals surface area contributed by atoms with E-state index in [1.165, 1.54) is 31.6 Å². The Labute approximate surface area is 365 Å². The van der Waals surface area contributed by atoms with E-state index in [1.54, 1.807) is 12.1 Å². The van der Waals surface area contributed by atoms with Crippen LogP contribution in [0.15, 0.2) is 55.0 Å². The van der Waals surface area contributed by atoms with Gasteiger partial charge in [-0.05, 0) is 61.2 Å². The van der Waals surface area contributed by atoms with Crippen LogP contribution in [0.4, 0.5) is 46.5 Å². The maximum Gasteiger partial charge on any atom is 0.421 e. The molecule has 64 heavy (non-hydrogen) atoms. The highest BCUT2D eigenvalue weighted by Gasteiger charge is 2.46. The van der Waals surface area contributed by atoms with Gasteiger partial charge in [0.2, 0.25) is 27.8 Å². The fraction of sp³-hybridized carbons (Fsp3) is 0.415. The summed E-state index contributed by atoms with van der Waals surface area (Å²) in [5, 5.41) is 7.73. The molecule has 4 aliphatic heterocycles. The molecule has 2 aromatic heterocycles. The number of piperidine rings is 2. The topological polar surface area (TPSA) is 206 Å². The Hall–Kier alpha value is -6.33. The summed E-state index contributed by atoms with van der Waals surface area (Å²) < 4.78 is 82.3. The largest absolute Gasteiger partial charge is 0.421 e. The third-order valence-corrected chi connectivity index (χ3v) is 13.1. The number of rotatable bonds is 12. The van der Waals surface area contributed by atoms with Crippen LogP contribution in [-0.2, 0) is 38.9 Å². The minimum Gasteiger partial charge on any atom is -0.371 e. The standard InChI is InChI=1S/C41H44F4N12O6S/c1-53(64(2,62)63)36-31(46-11-12-47-36)22-48-35-29(41(43,44)45)21-49-40(52-35)50-25-3-5-26(6-4-25)55-13-9-27(10-14-55)56-17-15-54(16-18-56)23-24-19-28-34(30(42)20-24)39(61)57(38(28)60)32-7-8-33(58)51-37(32)59/h3-6,11-12,19-21,27,32H,7-10,13-18,22-23H2,1-2H3,(H,51,58,59)(H2,48,49,50,52). The van der Waals surface area contributed by atoms with E-state index in [0.717, 1.165) is 60.2 Å². The summed E-state index contributed by atoms with van der Waals surface area (Å²) in [4.78, 5) is 74.2. The summed E-state index contributed by atoms with van der Waals surface area (Å²) in [5.41, 5.74) is 0.611. The smallest absolute Gasteiger partial charge is 0.371 e. The average Bonchev–Trinajstić information content (AvgIpc) is 3.51. The van der Waals surface area contributed by atoms with Crippen molar-refractivity contribution in [1.29, 1.82) is 0 Å². The van der Waals surface area contributed by atoms with Gasteiger partial charge in [0.1, 0.15) is 28.9 Å². The van der Waals surface area contributed by atoms with Gasteiger partial charge in [-0.1, -0.05) is 0 Å². The summed E-state index contributed by atoms with van der Waals surface area (Å²) >= 11 is 0. The molecule has 0 bridgehead atoms. The van der Waals surface area contributed by atoms with Crippen molar-refractivity contribution in [1.82, 2.24) is 40.0 Å². The monoisotopic (exact) mass is 908 g/mol. The zero-order valence-corrected chi connectivity index (χ0v) is 35.5. The minimum atomic E-state index is -4.79. The molecular formula is C41H44F4N12O6S. The number of piperazine rings is 1. The van der Waals surface area contributed by atoms with Gasteiger partial charge in [-0.15, -0.1) is 0 Å². The number of sulfonamides is 1. The van der Waals surface area contributed by atoms with Crippen LogP contribution in [0, 0.1) is 5.82 Å². The van der Waals surface area contributed by atoms with E-state index in [-0.39, 0.29) is 48.0 Å². The van der Waals surface area contributed by atoms with Gasteiger partial charge in [-0.25, -0.2) is 22.8 Å². The number of fused-ring (bicyclic) bond motifs is 1. The number of carbonyl (C=O) groups is 4. The zero-order valence-electron chi connectivity index (χ0n) is 34.7. The number of anilines is 5. The molecule has 0 spiro atoms. The molecule has 1 unspecified atom stereocenters. The number of halogens is 4. The Kier molecular flexibility index (Phi) is 12.2. The number of hydrogen-bond acceptors (Lipinski definition) is 15. The van der Waals surface area contributed by atoms with Crippen molar-refractivity contribution < 1.29 is 45.2 Å². The van der Waals surface area contributed by atoms with E-state index >= 15 is 4.39 Å². The van der Waals surface area contributed by atoms with Crippen LogP contribution in [0.5, 0.6) is 0 Å². The first-order valence-electron chi connectivity index (χ1n) is 20.5. The van der Waals surface area contributed by atoms with Gasteiger partial charge >= 0.3 is 6.18 Å². The highest BCUT2D eigenvalue weighted by molar-refractivity contribution is 7.92. The first kappa shape index (κ1) is 44.3. The van der Waals surface area contributed by atoms with E-state index in [1.807, 2.05) is 12.1 Å². The maximum absolute atomic E-state index is 15.3. The number of nitrogens with zero attached hydrogens (tertiary/aromatic N) is 9. The minimum absolute atomic E-state index is 0.0128. The molecule has 4 amide bonds. The Bertz CT molecular complexity index is 2590. The number of hydrogen-bond donors (Lipinski definition) is 3. The molecule has 0 aliphatic carbocycles. The molecule has 0 saturated carbocycles. The normalized spacial score (nSPS) is 19.2. The van der Waals surface area contributed by atoms with Crippen molar-refractivity contribution in [2.24, 2.45) is 0 Å². The van der Waals surface area contributed by atoms with E-state index < -0.39 is 63.1 Å². The zero-order chi connectivity index (χ0) is 45.5. The first-order chi connectivity index (χ1) is 30.4. The number of alkyl halides is 3. The van der Waals surface area contributed by atoms with Crippen LogP contribution in [0.1, 0.15) is 63.2 Å². The molecule has 3 saturated heterocycles. The predicted molar refractivity (Wildman–Crippen MR) is 225 cm³/mol. The summed E-state index contributed by atoms with van der Waals surface area (Å²) in [6.07, 6.45) is 1.23. The number of carbonyl (C=O) groups excluding carboxylic acids is 4. The van der Waals surface area contributed by atoms with Gasteiger partial charge in [-0.2, -0.15) is 18.2 Å². The second-order valence-corrected chi connectivity index (χ2v) is 18.0. The fourth-order valence-corrected chi connectivity index (χ4v) is 8.94. The van der Waals surface area contributed by atoms with Gasteiger partial charge in [-0.3, -0.25) is 48.5 Å². The second-order valence-electron chi connectivity index (χ2n) is 16.0. The van der Waals surface area contributed by atoms with Crippen LogP contribution in [0.25, 0.3) is 0 Å². The SMILES string of the molecule is CN(c1nccnc1CNc1nc(Nc2ccc(N3CCC(N4CCN(Cc5cc(F)c6c(c5)C(=O)N(C5CCC(=O)NC5=O)C6=O)CC4)CC3)cc2)ncc1C(F)(F)F)S(C)(=O)=O. The van der Waals surface area contributed by atoms with Crippen LogP contribution in [-0.4, -0.2) is 131 Å². The number of aromatic nitrogens is 4. The lowest BCUT2D eigenvalue weighted by Crippen LogP contribution is -2.54. The molecule has 3 N–H and O–H groups in total. The van der Waals surface area contributed by atoms with Gasteiger partial charge < -0.3 is 15.5 Å². The van der Waals surface area contributed by atoms with E-state index in [4.69, 9.17) is 0 Å². The van der Waals surface area contributed by atoms with E-state index in [0.29, 0.717) is 43.1 Å². The average molecular weight is 909 g/mol. The van der Waals surface area contributed by atoms with Gasteiger partial charge in [0, 0.05) is 95.3 Å².